The number of ether oxygens (including phenoxy) is 2. The molecule has 1 aliphatic heterocycles. The summed E-state index contributed by atoms with van der Waals surface area (Å²) in [4.78, 5) is 43.1. The molecule has 2 aromatic rings. The predicted molar refractivity (Wildman–Crippen MR) is 215 cm³/mol. The Morgan fingerprint density at radius 1 is 0.679 bits per heavy atom. The summed E-state index contributed by atoms with van der Waals surface area (Å²) in [6, 6.07) is 19.7. The number of hydrogen-bond donors (Lipinski definition) is 1. The van der Waals surface area contributed by atoms with Crippen LogP contribution in [0.25, 0.3) is 0 Å². The number of unbranched alkanes of at least 4 members (excludes halogenated alkanes) is 11. The molecular formula is C45H69N3O5. The summed E-state index contributed by atoms with van der Waals surface area (Å²) >= 11 is 0. The number of allylic oxidation sites excluding steroid dienone is 2. The van der Waals surface area contributed by atoms with Crippen LogP contribution in [0.1, 0.15) is 128 Å². The molecule has 1 fully saturated rings. The molecule has 1 heterocycles. The summed E-state index contributed by atoms with van der Waals surface area (Å²) in [6.07, 6.45) is 20.9. The molecule has 53 heavy (non-hydrogen) atoms. The fourth-order valence-electron chi connectivity index (χ4n) is 6.75. The number of hydrogen-bond acceptors (Lipinski definition) is 5. The molecule has 1 unspecified atom stereocenters. The van der Waals surface area contributed by atoms with Crippen LogP contribution in [-0.2, 0) is 37.1 Å². The van der Waals surface area contributed by atoms with E-state index in [2.05, 4.69) is 24.4 Å². The van der Waals surface area contributed by atoms with Gasteiger partial charge in [-0.05, 0) is 43.2 Å². The van der Waals surface area contributed by atoms with Crippen molar-refractivity contribution < 1.29 is 23.9 Å². The zero-order valence-corrected chi connectivity index (χ0v) is 33.2. The maximum Gasteiger partial charge on any atom is 0.249 e. The molecule has 1 aliphatic rings. The van der Waals surface area contributed by atoms with Gasteiger partial charge < -0.3 is 24.6 Å². The molecule has 0 radical (unpaired) electrons. The zero-order chi connectivity index (χ0) is 38.0. The van der Waals surface area contributed by atoms with Crippen LogP contribution in [0.3, 0.4) is 0 Å². The highest BCUT2D eigenvalue weighted by atomic mass is 16.5. The van der Waals surface area contributed by atoms with Crippen molar-refractivity contribution in [3.05, 3.63) is 83.9 Å². The normalized spacial score (nSPS) is 14.1. The summed E-state index contributed by atoms with van der Waals surface area (Å²) in [6.45, 7) is 9.67. The summed E-state index contributed by atoms with van der Waals surface area (Å²) in [7, 11) is 0. The van der Waals surface area contributed by atoms with Crippen LogP contribution < -0.4 is 5.32 Å². The molecule has 1 saturated heterocycles. The standard InChI is InChI=1S/C45H69N3O5/c1-4-5-6-7-8-9-10-11-12-13-14-15-16-17-24-29-41(49)47-32-34-48(35-33-47)42(50)30-31-46-44(51)43(53-37-40-27-22-19-23-28-40)45(2,3)38-52-36-39-25-20-18-21-26-39/h11-12,18-23,25-28,43H,4-10,13-17,24,29-38H2,1-3H3,(H,46,51). The topological polar surface area (TPSA) is 88.2 Å². The molecule has 3 rings (SSSR count). The number of nitrogens with one attached hydrogen (secondary N) is 1. The number of amides is 3. The molecule has 2 aromatic carbocycles. The van der Waals surface area contributed by atoms with Gasteiger partial charge in [-0.15, -0.1) is 0 Å². The van der Waals surface area contributed by atoms with Gasteiger partial charge in [0.1, 0.15) is 6.10 Å². The van der Waals surface area contributed by atoms with Crippen molar-refractivity contribution in [1.29, 1.82) is 0 Å². The maximum absolute atomic E-state index is 13.5. The van der Waals surface area contributed by atoms with Gasteiger partial charge in [0.2, 0.25) is 17.7 Å². The average molecular weight is 732 g/mol. The minimum Gasteiger partial charge on any atom is -0.376 e. The van der Waals surface area contributed by atoms with E-state index >= 15 is 0 Å². The maximum atomic E-state index is 13.5. The van der Waals surface area contributed by atoms with Crippen LogP contribution in [-0.4, -0.2) is 73.0 Å². The minimum atomic E-state index is -0.773. The van der Waals surface area contributed by atoms with E-state index in [0.29, 0.717) is 52.4 Å². The van der Waals surface area contributed by atoms with Gasteiger partial charge in [-0.1, -0.05) is 145 Å². The van der Waals surface area contributed by atoms with Gasteiger partial charge in [-0.2, -0.15) is 0 Å². The lowest BCUT2D eigenvalue weighted by Gasteiger charge is -2.35. The molecule has 1 atom stereocenters. The summed E-state index contributed by atoms with van der Waals surface area (Å²) in [5.41, 5.74) is 1.42. The third kappa shape index (κ3) is 18.4. The van der Waals surface area contributed by atoms with E-state index < -0.39 is 11.5 Å². The summed E-state index contributed by atoms with van der Waals surface area (Å²) in [5, 5.41) is 2.96. The Morgan fingerprint density at radius 3 is 1.74 bits per heavy atom. The van der Waals surface area contributed by atoms with E-state index in [1.165, 1.54) is 64.2 Å². The zero-order valence-electron chi connectivity index (χ0n) is 33.2. The molecule has 294 valence electrons. The Labute approximate surface area is 321 Å². The highest BCUT2D eigenvalue weighted by Crippen LogP contribution is 2.26. The molecule has 0 aromatic heterocycles. The highest BCUT2D eigenvalue weighted by Gasteiger charge is 2.37. The number of nitrogens with zero attached hydrogens (tertiary/aromatic N) is 2. The molecule has 0 aliphatic carbocycles. The van der Waals surface area contributed by atoms with Crippen LogP contribution in [0.4, 0.5) is 0 Å². The quantitative estimate of drug-likeness (QED) is 0.0732. The lowest BCUT2D eigenvalue weighted by molar-refractivity contribution is -0.147. The van der Waals surface area contributed by atoms with Gasteiger partial charge in [0.05, 0.1) is 19.8 Å². The molecule has 0 spiro atoms. The van der Waals surface area contributed by atoms with Crippen molar-refractivity contribution in [2.24, 2.45) is 5.41 Å². The van der Waals surface area contributed by atoms with Crippen LogP contribution in [0.15, 0.2) is 72.8 Å². The number of rotatable bonds is 27. The second-order valence-electron chi connectivity index (χ2n) is 15.3. The van der Waals surface area contributed by atoms with Crippen molar-refractivity contribution >= 4 is 17.7 Å². The second kappa shape index (κ2) is 26.3. The second-order valence-corrected chi connectivity index (χ2v) is 15.3. The molecule has 8 nitrogen and oxygen atoms in total. The van der Waals surface area contributed by atoms with E-state index in [0.717, 1.165) is 30.4 Å². The van der Waals surface area contributed by atoms with Crippen LogP contribution in [0.5, 0.6) is 0 Å². The smallest absolute Gasteiger partial charge is 0.249 e. The number of carbonyl (C=O) groups is 3. The fourth-order valence-corrected chi connectivity index (χ4v) is 6.75. The first-order valence-corrected chi connectivity index (χ1v) is 20.6. The average Bonchev–Trinajstić information content (AvgIpc) is 3.17. The first kappa shape index (κ1) is 43.9. The van der Waals surface area contributed by atoms with Crippen molar-refractivity contribution in [2.75, 3.05) is 39.3 Å². The van der Waals surface area contributed by atoms with Crippen LogP contribution in [0, 0.1) is 5.41 Å². The summed E-state index contributed by atoms with van der Waals surface area (Å²) in [5.74, 6) is -0.0751. The third-order valence-electron chi connectivity index (χ3n) is 10.1. The first-order chi connectivity index (χ1) is 25.8. The Bertz CT molecular complexity index is 1310. The van der Waals surface area contributed by atoms with E-state index in [1.807, 2.05) is 84.3 Å². The van der Waals surface area contributed by atoms with Crippen molar-refractivity contribution in [3.63, 3.8) is 0 Å². The number of benzene rings is 2. The van der Waals surface area contributed by atoms with E-state index in [4.69, 9.17) is 9.47 Å². The van der Waals surface area contributed by atoms with Gasteiger partial charge in [-0.3, -0.25) is 14.4 Å². The summed E-state index contributed by atoms with van der Waals surface area (Å²) < 4.78 is 12.3. The molecule has 0 saturated carbocycles. The van der Waals surface area contributed by atoms with E-state index in [1.54, 1.807) is 0 Å². The number of carbonyl (C=O) groups excluding carboxylic acids is 3. The molecular weight excluding hydrogens is 663 g/mol. The first-order valence-electron chi connectivity index (χ1n) is 20.6. The molecule has 3 amide bonds. The predicted octanol–water partition coefficient (Wildman–Crippen LogP) is 9.03. The van der Waals surface area contributed by atoms with Crippen LogP contribution in [0.2, 0.25) is 0 Å². The Balaban J connectivity index is 1.29. The fraction of sp³-hybridized carbons (Fsp3) is 0.622. The SMILES string of the molecule is CCCCCCCCC=CCCCCCCCC(=O)N1CCN(C(=O)CCNC(=O)C(OCc2ccccc2)C(C)(C)COCc2ccccc2)CC1. The lowest BCUT2D eigenvalue weighted by atomic mass is 9.86. The Hall–Kier alpha value is -3.49. The highest BCUT2D eigenvalue weighted by molar-refractivity contribution is 5.83. The van der Waals surface area contributed by atoms with Crippen molar-refractivity contribution in [1.82, 2.24) is 15.1 Å². The Morgan fingerprint density at radius 2 is 1.17 bits per heavy atom. The lowest BCUT2D eigenvalue weighted by Crippen LogP contribution is -2.51. The van der Waals surface area contributed by atoms with Gasteiger partial charge in [-0.25, -0.2) is 0 Å². The molecule has 0 bridgehead atoms. The number of piperazine rings is 1. The minimum absolute atomic E-state index is 0.0122. The monoisotopic (exact) mass is 732 g/mol. The largest absolute Gasteiger partial charge is 0.376 e. The van der Waals surface area contributed by atoms with Crippen molar-refractivity contribution in [2.45, 2.75) is 136 Å². The van der Waals surface area contributed by atoms with E-state index in [-0.39, 0.29) is 30.7 Å². The molecule has 8 heteroatoms. The van der Waals surface area contributed by atoms with E-state index in [9.17, 15) is 14.4 Å². The Kier molecular flexibility index (Phi) is 21.8. The third-order valence-corrected chi connectivity index (χ3v) is 10.1. The molecule has 1 N–H and O–H groups in total. The van der Waals surface area contributed by atoms with Gasteiger partial charge in [0.25, 0.3) is 0 Å². The van der Waals surface area contributed by atoms with Crippen LogP contribution >= 0.6 is 0 Å². The van der Waals surface area contributed by atoms with Gasteiger partial charge in [0, 0.05) is 51.0 Å². The van der Waals surface area contributed by atoms with Gasteiger partial charge >= 0.3 is 0 Å². The van der Waals surface area contributed by atoms with Gasteiger partial charge in [0.15, 0.2) is 0 Å². The van der Waals surface area contributed by atoms with Crippen molar-refractivity contribution in [3.8, 4) is 0 Å².